The van der Waals surface area contributed by atoms with Crippen molar-refractivity contribution >= 4 is 0 Å². The number of nitrogens with zero attached hydrogens (tertiary/aromatic N) is 2. The molecule has 1 fully saturated rings. The van der Waals surface area contributed by atoms with Gasteiger partial charge in [0, 0.05) is 12.6 Å². The van der Waals surface area contributed by atoms with Gasteiger partial charge < -0.3 is 4.90 Å². The highest BCUT2D eigenvalue weighted by atomic mass is 19.1. The lowest BCUT2D eigenvalue weighted by molar-refractivity contribution is 0.194. The van der Waals surface area contributed by atoms with Crippen molar-refractivity contribution in [2.45, 2.75) is 76.7 Å². The fraction of sp³-hybridized carbons (Fsp3) is 0.536. The maximum Gasteiger partial charge on any atom is 0.123 e. The van der Waals surface area contributed by atoms with E-state index in [1.165, 1.54) is 37.0 Å². The van der Waals surface area contributed by atoms with Gasteiger partial charge in [-0.2, -0.15) is 5.26 Å². The van der Waals surface area contributed by atoms with E-state index in [2.05, 4.69) is 55.1 Å². The average molecular weight is 421 g/mol. The number of benzene rings is 2. The smallest absolute Gasteiger partial charge is 0.123 e. The van der Waals surface area contributed by atoms with Crippen LogP contribution in [0, 0.1) is 23.1 Å². The van der Waals surface area contributed by atoms with Gasteiger partial charge in [-0.3, -0.25) is 0 Å². The van der Waals surface area contributed by atoms with E-state index < -0.39 is 5.41 Å². The van der Waals surface area contributed by atoms with Crippen LogP contribution in [0.1, 0.15) is 69.9 Å². The Balaban J connectivity index is 1.69. The quantitative estimate of drug-likeness (QED) is 0.418. The lowest BCUT2D eigenvalue weighted by atomic mass is 9.63. The van der Waals surface area contributed by atoms with Crippen molar-refractivity contribution in [2.75, 3.05) is 13.1 Å². The Kier molecular flexibility index (Phi) is 8.67. The van der Waals surface area contributed by atoms with Gasteiger partial charge in [0.2, 0.25) is 0 Å². The number of hydrogen-bond donors (Lipinski definition) is 0. The van der Waals surface area contributed by atoms with Crippen LogP contribution < -0.4 is 0 Å². The maximum absolute atomic E-state index is 13.6. The van der Waals surface area contributed by atoms with Crippen molar-refractivity contribution in [2.24, 2.45) is 5.92 Å². The van der Waals surface area contributed by atoms with Crippen molar-refractivity contribution in [3.05, 3.63) is 71.5 Å². The van der Waals surface area contributed by atoms with Crippen LogP contribution in [-0.4, -0.2) is 24.0 Å². The second-order valence-electron chi connectivity index (χ2n) is 9.39. The molecule has 0 bridgehead atoms. The van der Waals surface area contributed by atoms with Crippen molar-refractivity contribution in [1.29, 1.82) is 5.26 Å². The summed E-state index contributed by atoms with van der Waals surface area (Å²) in [7, 11) is 0. The number of rotatable bonds is 10. The zero-order valence-corrected chi connectivity index (χ0v) is 19.2. The molecule has 1 aliphatic rings. The van der Waals surface area contributed by atoms with E-state index in [0.29, 0.717) is 12.0 Å². The predicted molar refractivity (Wildman–Crippen MR) is 126 cm³/mol. The van der Waals surface area contributed by atoms with Gasteiger partial charge in [-0.1, -0.05) is 61.7 Å². The summed E-state index contributed by atoms with van der Waals surface area (Å²) >= 11 is 0. The average Bonchev–Trinajstić information content (AvgIpc) is 2.80. The van der Waals surface area contributed by atoms with E-state index >= 15 is 0 Å². The van der Waals surface area contributed by atoms with E-state index in [-0.39, 0.29) is 5.82 Å². The molecule has 0 amide bonds. The van der Waals surface area contributed by atoms with Crippen molar-refractivity contribution < 1.29 is 4.39 Å². The Hall–Kier alpha value is -2.18. The monoisotopic (exact) mass is 420 g/mol. The molecule has 2 aromatic rings. The van der Waals surface area contributed by atoms with Gasteiger partial charge in [0.15, 0.2) is 0 Å². The molecule has 1 atom stereocenters. The summed E-state index contributed by atoms with van der Waals surface area (Å²) in [6.45, 7) is 6.52. The van der Waals surface area contributed by atoms with E-state index in [1.807, 2.05) is 12.1 Å². The minimum Gasteiger partial charge on any atom is -0.301 e. The first-order chi connectivity index (χ1) is 15.0. The summed E-state index contributed by atoms with van der Waals surface area (Å²) < 4.78 is 13.6. The molecule has 0 aliphatic heterocycles. The summed E-state index contributed by atoms with van der Waals surface area (Å²) in [5, 5.41) is 10.4. The topological polar surface area (TPSA) is 27.0 Å². The SMILES string of the molecule is CC(C)N(CCCC(C#N)(c1ccc(F)cc1)C1CCCCC1)CCc1ccccc1. The van der Waals surface area contributed by atoms with Gasteiger partial charge in [0.25, 0.3) is 0 Å². The molecular weight excluding hydrogens is 383 g/mol. The van der Waals surface area contributed by atoms with Crippen LogP contribution >= 0.6 is 0 Å². The van der Waals surface area contributed by atoms with E-state index in [4.69, 9.17) is 0 Å². The van der Waals surface area contributed by atoms with E-state index in [1.54, 1.807) is 0 Å². The molecule has 0 aromatic heterocycles. The van der Waals surface area contributed by atoms with E-state index in [9.17, 15) is 9.65 Å². The fourth-order valence-electron chi connectivity index (χ4n) is 5.25. The second kappa shape index (κ2) is 11.4. The molecule has 1 aliphatic carbocycles. The Morgan fingerprint density at radius 3 is 2.29 bits per heavy atom. The number of hydrogen-bond acceptors (Lipinski definition) is 2. The lowest BCUT2D eigenvalue weighted by Gasteiger charge is -2.39. The van der Waals surface area contributed by atoms with E-state index in [0.717, 1.165) is 50.8 Å². The third kappa shape index (κ3) is 6.17. The first kappa shape index (κ1) is 23.5. The largest absolute Gasteiger partial charge is 0.301 e. The van der Waals surface area contributed by atoms with Crippen LogP contribution in [-0.2, 0) is 11.8 Å². The van der Waals surface area contributed by atoms with Crippen molar-refractivity contribution in [3.8, 4) is 6.07 Å². The van der Waals surface area contributed by atoms with Crippen LogP contribution in [0.3, 0.4) is 0 Å². The molecule has 0 heterocycles. The molecule has 0 saturated heterocycles. The van der Waals surface area contributed by atoms with Crippen molar-refractivity contribution in [3.63, 3.8) is 0 Å². The molecule has 3 rings (SSSR count). The number of nitriles is 1. The molecule has 3 heteroatoms. The zero-order chi connectivity index (χ0) is 22.1. The lowest BCUT2D eigenvalue weighted by Crippen LogP contribution is -2.38. The molecule has 0 N–H and O–H groups in total. The third-order valence-electron chi connectivity index (χ3n) is 7.14. The van der Waals surface area contributed by atoms with Gasteiger partial charge in [-0.15, -0.1) is 0 Å². The molecule has 31 heavy (non-hydrogen) atoms. The van der Waals surface area contributed by atoms with Crippen molar-refractivity contribution in [1.82, 2.24) is 4.90 Å². The highest BCUT2D eigenvalue weighted by Crippen LogP contribution is 2.44. The summed E-state index contributed by atoms with van der Waals surface area (Å²) in [5.74, 6) is 0.139. The molecule has 0 spiro atoms. The first-order valence-corrected chi connectivity index (χ1v) is 12.0. The highest BCUT2D eigenvalue weighted by Gasteiger charge is 2.40. The molecule has 0 radical (unpaired) electrons. The van der Waals surface area contributed by atoms with Gasteiger partial charge in [0.1, 0.15) is 5.82 Å². The standard InChI is InChI=1S/C28H37FN2/c1-23(2)31(21-18-24-10-5-3-6-11-24)20-9-19-28(22-30,25-12-7-4-8-13-25)26-14-16-27(29)17-15-26/h3,5-6,10-11,14-17,23,25H,4,7-9,12-13,18-21H2,1-2H3. The van der Waals surface area contributed by atoms with Crippen LogP contribution in [0.5, 0.6) is 0 Å². The molecule has 1 saturated carbocycles. The van der Waals surface area contributed by atoms with Crippen LogP contribution in [0.2, 0.25) is 0 Å². The Labute approximate surface area is 188 Å². The zero-order valence-electron chi connectivity index (χ0n) is 19.2. The molecular formula is C28H37FN2. The molecule has 2 nitrogen and oxygen atoms in total. The van der Waals surface area contributed by atoms with Crippen LogP contribution in [0.4, 0.5) is 4.39 Å². The Morgan fingerprint density at radius 2 is 1.68 bits per heavy atom. The number of halogens is 1. The third-order valence-corrected chi connectivity index (χ3v) is 7.14. The highest BCUT2D eigenvalue weighted by molar-refractivity contribution is 5.34. The molecule has 2 aromatic carbocycles. The first-order valence-electron chi connectivity index (χ1n) is 12.0. The Bertz CT molecular complexity index is 818. The molecule has 1 unspecified atom stereocenters. The summed E-state index contributed by atoms with van der Waals surface area (Å²) in [6, 6.07) is 20.6. The second-order valence-corrected chi connectivity index (χ2v) is 9.39. The fourth-order valence-corrected chi connectivity index (χ4v) is 5.25. The minimum atomic E-state index is -0.504. The molecule has 166 valence electrons. The normalized spacial score (nSPS) is 16.9. The van der Waals surface area contributed by atoms with Gasteiger partial charge in [-0.05, 0) is 81.7 Å². The summed E-state index contributed by atoms with van der Waals surface area (Å²) in [6.07, 6.45) is 8.74. The minimum absolute atomic E-state index is 0.230. The summed E-state index contributed by atoms with van der Waals surface area (Å²) in [4.78, 5) is 2.53. The van der Waals surface area contributed by atoms with Gasteiger partial charge >= 0.3 is 0 Å². The van der Waals surface area contributed by atoms with Crippen LogP contribution in [0.25, 0.3) is 0 Å². The Morgan fingerprint density at radius 1 is 1.00 bits per heavy atom. The summed E-state index contributed by atoms with van der Waals surface area (Å²) in [5.41, 5.74) is 1.87. The van der Waals surface area contributed by atoms with Gasteiger partial charge in [-0.25, -0.2) is 4.39 Å². The van der Waals surface area contributed by atoms with Crippen LogP contribution in [0.15, 0.2) is 54.6 Å². The predicted octanol–water partition coefficient (Wildman–Crippen LogP) is 6.90. The maximum atomic E-state index is 13.6. The van der Waals surface area contributed by atoms with Gasteiger partial charge in [0.05, 0.1) is 11.5 Å².